The minimum atomic E-state index is -0.698. The van der Waals surface area contributed by atoms with Crippen molar-refractivity contribution in [2.45, 2.75) is 78.6 Å². The van der Waals surface area contributed by atoms with Gasteiger partial charge in [0.1, 0.15) is 28.6 Å². The summed E-state index contributed by atoms with van der Waals surface area (Å²) in [4.78, 5) is 76.7. The van der Waals surface area contributed by atoms with Gasteiger partial charge >= 0.3 is 12.2 Å². The van der Waals surface area contributed by atoms with E-state index in [9.17, 15) is 19.2 Å². The molecule has 2 aliphatic rings. The number of hydrogen-bond acceptors (Lipinski definition) is 11. The van der Waals surface area contributed by atoms with Gasteiger partial charge < -0.3 is 39.9 Å². The van der Waals surface area contributed by atoms with Gasteiger partial charge in [-0.15, -0.1) is 34.0 Å². The Balaban J connectivity index is 0.987. The number of nitrogens with zero attached hydrogens (tertiary/aromatic N) is 4. The maximum Gasteiger partial charge on any atom is 0.407 e. The van der Waals surface area contributed by atoms with E-state index in [2.05, 4.69) is 64.8 Å². The second-order valence-corrected chi connectivity index (χ2v) is 19.9. The number of carbonyl (C=O) groups excluding carboxylic acids is 4. The van der Waals surface area contributed by atoms with E-state index in [1.165, 1.54) is 28.5 Å². The molecule has 4 amide bonds. The number of alkyl carbamates (subject to hydrolysis) is 2. The smallest absolute Gasteiger partial charge is 0.407 e. The Kier molecular flexibility index (Phi) is 11.2. The highest BCUT2D eigenvalue weighted by Crippen LogP contribution is 2.45. The van der Waals surface area contributed by atoms with Crippen molar-refractivity contribution in [1.82, 2.24) is 40.4 Å². The Hall–Kier alpha value is -5.00. The number of thiophene rings is 3. The molecule has 2 fully saturated rings. The van der Waals surface area contributed by atoms with Crippen LogP contribution in [0, 0.1) is 23.7 Å². The van der Waals surface area contributed by atoms with Gasteiger partial charge in [-0.1, -0.05) is 47.6 Å². The molecule has 8 rings (SSSR count). The number of rotatable bonds is 10. The molecule has 0 saturated carbocycles. The lowest BCUT2D eigenvalue weighted by Crippen LogP contribution is -2.51. The number of aromatic nitrogens is 4. The Morgan fingerprint density at radius 3 is 1.75 bits per heavy atom. The van der Waals surface area contributed by atoms with E-state index >= 15 is 0 Å². The third-order valence-corrected chi connectivity index (χ3v) is 15.0. The molecular formula is C42H50N8O6S3. The first-order valence-electron chi connectivity index (χ1n) is 20.0. The molecule has 0 spiro atoms. The third-order valence-electron chi connectivity index (χ3n) is 11.4. The fourth-order valence-corrected chi connectivity index (χ4v) is 11.9. The first-order valence-corrected chi connectivity index (χ1v) is 22.5. The number of nitrogens with one attached hydrogen (secondary N) is 4. The van der Waals surface area contributed by atoms with E-state index in [0.717, 1.165) is 61.2 Å². The van der Waals surface area contributed by atoms with Crippen molar-refractivity contribution < 1.29 is 28.7 Å². The van der Waals surface area contributed by atoms with Crippen LogP contribution >= 0.6 is 34.0 Å². The van der Waals surface area contributed by atoms with Crippen molar-refractivity contribution in [3.63, 3.8) is 0 Å². The summed E-state index contributed by atoms with van der Waals surface area (Å²) in [5.74, 6) is 1.62. The van der Waals surface area contributed by atoms with Crippen molar-refractivity contribution in [3.05, 3.63) is 48.0 Å². The van der Waals surface area contributed by atoms with E-state index in [1.54, 1.807) is 34.0 Å². The summed E-state index contributed by atoms with van der Waals surface area (Å²) in [6.45, 7) is 13.1. The van der Waals surface area contributed by atoms with Gasteiger partial charge in [0.15, 0.2) is 0 Å². The molecule has 6 aromatic rings. The summed E-state index contributed by atoms with van der Waals surface area (Å²) in [7, 11) is 2.60. The number of H-pyrrole nitrogens is 2. The second kappa shape index (κ2) is 16.2. The second-order valence-electron chi connectivity index (χ2n) is 16.7. The highest BCUT2D eigenvalue weighted by atomic mass is 32.1. The van der Waals surface area contributed by atoms with Gasteiger partial charge in [0, 0.05) is 37.1 Å². The monoisotopic (exact) mass is 858 g/mol. The number of likely N-dealkylation sites (tertiary alicyclic amines) is 2. The van der Waals surface area contributed by atoms with Crippen LogP contribution in [0.5, 0.6) is 0 Å². The van der Waals surface area contributed by atoms with Crippen LogP contribution in [0.2, 0.25) is 0 Å². The summed E-state index contributed by atoms with van der Waals surface area (Å²) in [6.07, 6.45) is 0.325. The summed E-state index contributed by atoms with van der Waals surface area (Å²) in [5, 5.41) is 5.45. The summed E-state index contributed by atoms with van der Waals surface area (Å²) in [6, 6.07) is 11.1. The fourth-order valence-electron chi connectivity index (χ4n) is 8.40. The quantitative estimate of drug-likeness (QED) is 0.106. The molecule has 1 aromatic carbocycles. The van der Waals surface area contributed by atoms with E-state index < -0.39 is 24.3 Å². The van der Waals surface area contributed by atoms with Crippen LogP contribution in [-0.2, 0) is 19.1 Å². The average molecular weight is 859 g/mol. The molecule has 0 unspecified atom stereocenters. The average Bonchev–Trinajstić information content (AvgIpc) is 4.05. The zero-order valence-electron chi connectivity index (χ0n) is 34.4. The third kappa shape index (κ3) is 7.91. The number of imidazole rings is 2. The number of hydrogen-bond donors (Lipinski definition) is 4. The maximum atomic E-state index is 13.8. The number of benzene rings is 1. The SMILES string of the molecule is COC(=O)N[C@H](C(=O)N1C[C@@H](C)C[C@H]1c1nc2ccc(-c3cc4sc(-c5cc6[nH]c([C@@H]7C[C@H](C)CN7C(=O)[C@@H](NC(=O)OC)C(C)C)nc6s5)cc4s3)cc2[nH]1)C(C)C. The van der Waals surface area contributed by atoms with Gasteiger partial charge in [0.2, 0.25) is 11.8 Å². The molecule has 312 valence electrons. The van der Waals surface area contributed by atoms with Crippen molar-refractivity contribution in [3.8, 4) is 20.2 Å². The van der Waals surface area contributed by atoms with Crippen LogP contribution in [0.4, 0.5) is 9.59 Å². The Labute approximate surface area is 354 Å². The zero-order valence-corrected chi connectivity index (χ0v) is 36.8. The molecule has 2 saturated heterocycles. The van der Waals surface area contributed by atoms with Crippen molar-refractivity contribution >= 4 is 88.8 Å². The predicted molar refractivity (Wildman–Crippen MR) is 233 cm³/mol. The maximum absolute atomic E-state index is 13.8. The highest BCUT2D eigenvalue weighted by molar-refractivity contribution is 7.33. The lowest BCUT2D eigenvalue weighted by Gasteiger charge is -2.30. The molecule has 0 aliphatic carbocycles. The molecule has 0 bridgehead atoms. The molecule has 59 heavy (non-hydrogen) atoms. The minimum Gasteiger partial charge on any atom is -0.453 e. The topological polar surface area (TPSA) is 175 Å². The van der Waals surface area contributed by atoms with E-state index in [0.29, 0.717) is 19.0 Å². The summed E-state index contributed by atoms with van der Waals surface area (Å²) >= 11 is 5.15. The lowest BCUT2D eigenvalue weighted by molar-refractivity contribution is -0.136. The van der Waals surface area contributed by atoms with E-state index in [4.69, 9.17) is 19.4 Å². The van der Waals surface area contributed by atoms with Crippen LogP contribution in [0.25, 0.3) is 51.0 Å². The van der Waals surface area contributed by atoms with Gasteiger partial charge in [0.25, 0.3) is 0 Å². The van der Waals surface area contributed by atoms with Gasteiger partial charge in [-0.3, -0.25) is 9.59 Å². The molecule has 0 radical (unpaired) electrons. The lowest BCUT2D eigenvalue weighted by atomic mass is 10.0. The van der Waals surface area contributed by atoms with Crippen LogP contribution in [0.15, 0.2) is 36.4 Å². The van der Waals surface area contributed by atoms with E-state index in [1.807, 2.05) is 43.6 Å². The molecule has 7 heterocycles. The molecule has 17 heteroatoms. The van der Waals surface area contributed by atoms with Crippen molar-refractivity contribution in [2.24, 2.45) is 23.7 Å². The molecular weight excluding hydrogens is 809 g/mol. The normalized spacial score (nSPS) is 20.6. The number of fused-ring (bicyclic) bond motifs is 3. The van der Waals surface area contributed by atoms with Crippen molar-refractivity contribution in [1.29, 1.82) is 0 Å². The molecule has 6 atom stereocenters. The molecule has 2 aliphatic heterocycles. The van der Waals surface area contributed by atoms with Gasteiger partial charge in [0.05, 0.1) is 42.9 Å². The summed E-state index contributed by atoms with van der Waals surface area (Å²) in [5.41, 5.74) is 3.79. The fraction of sp³-hybridized carbons (Fsp3) is 0.476. The van der Waals surface area contributed by atoms with Crippen LogP contribution in [-0.4, -0.2) is 93.1 Å². The largest absolute Gasteiger partial charge is 0.453 e. The number of amides is 4. The van der Waals surface area contributed by atoms with Crippen LogP contribution in [0.1, 0.15) is 78.1 Å². The van der Waals surface area contributed by atoms with Gasteiger partial charge in [-0.2, -0.15) is 0 Å². The highest BCUT2D eigenvalue weighted by Gasteiger charge is 2.42. The van der Waals surface area contributed by atoms with Gasteiger partial charge in [-0.05, 0) is 72.4 Å². The van der Waals surface area contributed by atoms with Crippen LogP contribution < -0.4 is 10.6 Å². The molecule has 14 nitrogen and oxygen atoms in total. The standard InChI is InChI=1S/C42H50N8O6S3/c1-19(2)34(46-41(53)55-7)39(51)49-17-21(5)11-27(49)36-43-24-10-9-23(13-25(24)44-36)29-15-31-33(57-29)16-32(58-31)30-14-26-38(59-30)48-37(45-26)28-12-22(6)18-50(28)40(52)35(20(3)4)47-42(54)56-8/h9-10,13-16,19-22,27-28,34-35H,11-12,17-18H2,1-8H3,(H,43,44)(H,45,48)(H,46,53)(H,47,54)/t21-,22-,27-,28-,34-,35-/m0/s1. The zero-order chi connectivity index (χ0) is 41.9. The Morgan fingerprint density at radius 1 is 0.695 bits per heavy atom. The summed E-state index contributed by atoms with van der Waals surface area (Å²) < 4.78 is 12.0. The number of aromatic amines is 2. The first kappa shape index (κ1) is 40.8. The molecule has 4 N–H and O–H groups in total. The van der Waals surface area contributed by atoms with E-state index in [-0.39, 0.29) is 41.7 Å². The predicted octanol–water partition coefficient (Wildman–Crippen LogP) is 8.69. The first-order chi connectivity index (χ1) is 28.2. The Morgan fingerprint density at radius 2 is 1.20 bits per heavy atom. The number of carbonyl (C=O) groups is 4. The number of methoxy groups -OCH3 is 2. The Bertz CT molecular complexity index is 2490. The minimum absolute atomic E-state index is 0.105. The molecule has 5 aromatic heterocycles. The van der Waals surface area contributed by atoms with Gasteiger partial charge in [-0.25, -0.2) is 19.6 Å². The van der Waals surface area contributed by atoms with Crippen LogP contribution in [0.3, 0.4) is 0 Å². The number of ether oxygens (including phenoxy) is 2. The van der Waals surface area contributed by atoms with Crippen molar-refractivity contribution in [2.75, 3.05) is 27.3 Å².